The van der Waals surface area contributed by atoms with E-state index in [9.17, 15) is 13.2 Å². The van der Waals surface area contributed by atoms with Gasteiger partial charge in [-0.1, -0.05) is 24.3 Å². The second-order valence-corrected chi connectivity index (χ2v) is 6.79. The fraction of sp³-hybridized carbons (Fsp3) is 0.462. The average Bonchev–Trinajstić information content (AvgIpc) is 2.38. The molecule has 4 N–H and O–H groups in total. The molecule has 1 aliphatic carbocycles. The van der Waals surface area contributed by atoms with Gasteiger partial charge in [0.05, 0.1) is 5.75 Å². The Balaban J connectivity index is 2.13. The van der Waals surface area contributed by atoms with Gasteiger partial charge in [0, 0.05) is 6.04 Å². The molecule has 0 radical (unpaired) electrons. The van der Waals surface area contributed by atoms with Crippen LogP contribution < -0.4 is 10.5 Å². The second-order valence-electron chi connectivity index (χ2n) is 4.99. The summed E-state index contributed by atoms with van der Waals surface area (Å²) in [7, 11) is -3.72. The minimum absolute atomic E-state index is 0.300. The van der Waals surface area contributed by atoms with E-state index in [0.717, 1.165) is 24.0 Å². The van der Waals surface area contributed by atoms with Gasteiger partial charge in [0.15, 0.2) is 0 Å². The first-order valence-corrected chi connectivity index (χ1v) is 8.10. The normalized spacial score (nSPS) is 20.1. The van der Waals surface area contributed by atoms with Gasteiger partial charge in [-0.05, 0) is 30.4 Å². The number of nitrogens with one attached hydrogen (secondary N) is 1. The molecule has 2 rings (SSSR count). The lowest BCUT2D eigenvalue weighted by Gasteiger charge is -2.26. The van der Waals surface area contributed by atoms with Gasteiger partial charge in [0.25, 0.3) is 0 Å². The van der Waals surface area contributed by atoms with Crippen LogP contribution in [0.25, 0.3) is 0 Å². The number of hydrogen-bond acceptors (Lipinski definition) is 4. The molecule has 0 amide bonds. The molecule has 7 heteroatoms. The second kappa shape index (κ2) is 5.90. The summed E-state index contributed by atoms with van der Waals surface area (Å²) in [4.78, 5) is 10.7. The molecule has 110 valence electrons. The number of sulfonamides is 1. The third-order valence-corrected chi connectivity index (χ3v) is 4.85. The number of aryl methyl sites for hydroxylation is 1. The standard InChI is InChI=1S/C13H18N2O4S/c14-11(13(16)17)8-20(18,19)15-12-7-3-5-9-4-1-2-6-10(9)12/h1-2,4,6,11-12,15H,3,5,7-8,14H2,(H,16,17)/t11-,12?/m0/s1. The van der Waals surface area contributed by atoms with Crippen LogP contribution in [0.1, 0.15) is 30.0 Å². The van der Waals surface area contributed by atoms with Crippen LogP contribution in [0.3, 0.4) is 0 Å². The zero-order valence-electron chi connectivity index (χ0n) is 11.0. The lowest BCUT2D eigenvalue weighted by molar-refractivity contribution is -0.137. The minimum atomic E-state index is -3.72. The van der Waals surface area contributed by atoms with Crippen molar-refractivity contribution in [3.8, 4) is 0 Å². The molecule has 0 saturated heterocycles. The van der Waals surface area contributed by atoms with E-state index in [1.165, 1.54) is 0 Å². The van der Waals surface area contributed by atoms with Crippen molar-refractivity contribution in [2.45, 2.75) is 31.3 Å². The largest absolute Gasteiger partial charge is 0.480 e. The Bertz CT molecular complexity index is 600. The molecule has 1 aromatic carbocycles. The molecule has 20 heavy (non-hydrogen) atoms. The van der Waals surface area contributed by atoms with E-state index in [1.54, 1.807) is 0 Å². The van der Waals surface area contributed by atoms with Crippen molar-refractivity contribution in [1.29, 1.82) is 0 Å². The minimum Gasteiger partial charge on any atom is -0.480 e. The average molecular weight is 298 g/mol. The van der Waals surface area contributed by atoms with Crippen LogP contribution in [0.15, 0.2) is 24.3 Å². The Labute approximate surface area is 118 Å². The summed E-state index contributed by atoms with van der Waals surface area (Å²) in [6.45, 7) is 0. The number of carbonyl (C=O) groups is 1. The van der Waals surface area contributed by atoms with Crippen molar-refractivity contribution in [2.75, 3.05) is 5.75 Å². The summed E-state index contributed by atoms with van der Waals surface area (Å²) in [6, 6.07) is 5.97. The van der Waals surface area contributed by atoms with Crippen molar-refractivity contribution in [3.05, 3.63) is 35.4 Å². The summed E-state index contributed by atoms with van der Waals surface area (Å²) in [5.41, 5.74) is 7.38. The van der Waals surface area contributed by atoms with Gasteiger partial charge in [-0.3, -0.25) is 4.79 Å². The van der Waals surface area contributed by atoms with E-state index in [4.69, 9.17) is 10.8 Å². The summed E-state index contributed by atoms with van der Waals surface area (Å²) >= 11 is 0. The van der Waals surface area contributed by atoms with Crippen LogP contribution in [0.2, 0.25) is 0 Å². The molecule has 1 unspecified atom stereocenters. The Morgan fingerprint density at radius 2 is 2.15 bits per heavy atom. The maximum Gasteiger partial charge on any atom is 0.321 e. The maximum absolute atomic E-state index is 12.0. The lowest BCUT2D eigenvalue weighted by atomic mass is 9.88. The zero-order chi connectivity index (χ0) is 14.8. The van der Waals surface area contributed by atoms with Crippen molar-refractivity contribution in [2.24, 2.45) is 5.73 Å². The van der Waals surface area contributed by atoms with E-state index < -0.39 is 27.8 Å². The van der Waals surface area contributed by atoms with E-state index in [2.05, 4.69) is 4.72 Å². The van der Waals surface area contributed by atoms with Crippen LogP contribution in [0.4, 0.5) is 0 Å². The molecular formula is C13H18N2O4S. The Morgan fingerprint density at radius 3 is 2.85 bits per heavy atom. The number of carboxylic acids is 1. The van der Waals surface area contributed by atoms with Gasteiger partial charge in [0.1, 0.15) is 6.04 Å². The van der Waals surface area contributed by atoms with Gasteiger partial charge in [-0.15, -0.1) is 0 Å². The number of rotatable bonds is 5. The van der Waals surface area contributed by atoms with Crippen LogP contribution in [-0.4, -0.2) is 31.3 Å². The molecule has 0 aliphatic heterocycles. The predicted molar refractivity (Wildman–Crippen MR) is 74.7 cm³/mol. The molecule has 0 aromatic heterocycles. The molecule has 0 bridgehead atoms. The lowest BCUT2D eigenvalue weighted by Crippen LogP contribution is -2.42. The topological polar surface area (TPSA) is 109 Å². The molecule has 0 spiro atoms. The van der Waals surface area contributed by atoms with Crippen LogP contribution in [0, 0.1) is 0 Å². The number of nitrogens with two attached hydrogens (primary N) is 1. The van der Waals surface area contributed by atoms with E-state index in [0.29, 0.717) is 6.42 Å². The highest BCUT2D eigenvalue weighted by Gasteiger charge is 2.27. The fourth-order valence-corrected chi connectivity index (χ4v) is 3.84. The smallest absolute Gasteiger partial charge is 0.321 e. The molecule has 0 heterocycles. The van der Waals surface area contributed by atoms with Crippen LogP contribution in [-0.2, 0) is 21.2 Å². The summed E-state index contributed by atoms with van der Waals surface area (Å²) in [5.74, 6) is -1.93. The molecule has 1 aromatic rings. The Kier molecular flexibility index (Phi) is 4.42. The number of benzene rings is 1. The number of aliphatic carboxylic acids is 1. The van der Waals surface area contributed by atoms with Crippen LogP contribution in [0.5, 0.6) is 0 Å². The first-order valence-electron chi connectivity index (χ1n) is 6.45. The quantitative estimate of drug-likeness (QED) is 0.728. The molecule has 6 nitrogen and oxygen atoms in total. The van der Waals surface area contributed by atoms with E-state index >= 15 is 0 Å². The maximum atomic E-state index is 12.0. The summed E-state index contributed by atoms with van der Waals surface area (Å²) in [5, 5.41) is 8.69. The first kappa shape index (κ1) is 15.0. The van der Waals surface area contributed by atoms with Gasteiger partial charge in [0.2, 0.25) is 10.0 Å². The SMILES string of the molecule is N[C@@H](CS(=O)(=O)NC1CCCc2ccccc21)C(=O)O. The first-order chi connectivity index (χ1) is 9.39. The van der Waals surface area contributed by atoms with Gasteiger partial charge < -0.3 is 10.8 Å². The van der Waals surface area contributed by atoms with Gasteiger partial charge in [-0.25, -0.2) is 13.1 Å². The van der Waals surface area contributed by atoms with Gasteiger partial charge >= 0.3 is 5.97 Å². The number of hydrogen-bond donors (Lipinski definition) is 3. The highest BCUT2D eigenvalue weighted by molar-refractivity contribution is 7.89. The highest BCUT2D eigenvalue weighted by Crippen LogP contribution is 2.29. The van der Waals surface area contributed by atoms with E-state index in [1.807, 2.05) is 24.3 Å². The van der Waals surface area contributed by atoms with Crippen molar-refractivity contribution >= 4 is 16.0 Å². The summed E-state index contributed by atoms with van der Waals surface area (Å²) < 4.78 is 26.5. The predicted octanol–water partition coefficient (Wildman–Crippen LogP) is 0.395. The van der Waals surface area contributed by atoms with E-state index in [-0.39, 0.29) is 6.04 Å². The van der Waals surface area contributed by atoms with Crippen LogP contribution >= 0.6 is 0 Å². The van der Waals surface area contributed by atoms with Crippen molar-refractivity contribution < 1.29 is 18.3 Å². The molecule has 2 atom stereocenters. The van der Waals surface area contributed by atoms with Crippen molar-refractivity contribution in [1.82, 2.24) is 4.72 Å². The Hall–Kier alpha value is -1.44. The number of fused-ring (bicyclic) bond motifs is 1. The highest BCUT2D eigenvalue weighted by atomic mass is 32.2. The van der Waals surface area contributed by atoms with Crippen molar-refractivity contribution in [3.63, 3.8) is 0 Å². The third kappa shape index (κ3) is 3.56. The van der Waals surface area contributed by atoms with Gasteiger partial charge in [-0.2, -0.15) is 0 Å². The Morgan fingerprint density at radius 1 is 1.45 bits per heavy atom. The molecule has 0 fully saturated rings. The third-order valence-electron chi connectivity index (χ3n) is 3.41. The zero-order valence-corrected chi connectivity index (χ0v) is 11.8. The monoisotopic (exact) mass is 298 g/mol. The fourth-order valence-electron chi connectivity index (χ4n) is 2.45. The molecule has 0 saturated carbocycles. The molecule has 1 aliphatic rings. The molecular weight excluding hydrogens is 280 g/mol. The summed E-state index contributed by atoms with van der Waals surface area (Å²) in [6.07, 6.45) is 2.54. The number of carboxylic acid groups (broad SMARTS) is 1.